The fourth-order valence-corrected chi connectivity index (χ4v) is 0. The first-order chi connectivity index (χ1) is 1.91. The highest BCUT2D eigenvalue weighted by atomic mass is 32.1. The highest BCUT2D eigenvalue weighted by Gasteiger charge is 1.56. The maximum atomic E-state index is 4.38. The summed E-state index contributed by atoms with van der Waals surface area (Å²) in [4.78, 5) is 0. The van der Waals surface area contributed by atoms with Gasteiger partial charge in [0.1, 0.15) is 0 Å². The lowest BCUT2D eigenvalue weighted by atomic mass is 11.9. The van der Waals surface area contributed by atoms with Crippen LogP contribution in [0.3, 0.4) is 0 Å². The van der Waals surface area contributed by atoms with Crippen LogP contribution in [0.25, 0.3) is 0 Å². The van der Waals surface area contributed by atoms with E-state index in [0.717, 1.165) is 0 Å². The van der Waals surface area contributed by atoms with Crippen LogP contribution in [-0.4, -0.2) is 9.76 Å². The Morgan fingerprint density at radius 1 is 2.00 bits per heavy atom. The second-order valence-corrected chi connectivity index (χ2v) is 2.03. The van der Waals surface area contributed by atoms with Crippen LogP contribution in [0, 0.1) is 0 Å². The molecule has 0 aliphatic carbocycles. The van der Waals surface area contributed by atoms with E-state index in [1.165, 1.54) is 0 Å². The van der Waals surface area contributed by atoms with E-state index in [1.807, 2.05) is 6.55 Å². The van der Waals surface area contributed by atoms with E-state index in [9.17, 15) is 0 Å². The zero-order chi connectivity index (χ0) is 3.41. The van der Waals surface area contributed by atoms with E-state index in [2.05, 4.69) is 16.8 Å². The summed E-state index contributed by atoms with van der Waals surface area (Å²) in [6.45, 7) is 2.02. The van der Waals surface area contributed by atoms with Gasteiger partial charge in [-0.2, -0.15) is 0 Å². The molecule has 0 atom stereocenters. The molecule has 4 heavy (non-hydrogen) atoms. The maximum Gasteiger partial charge on any atom is 0.177 e. The van der Waals surface area contributed by atoms with Gasteiger partial charge in [-0.3, -0.25) is 0 Å². The largest absolute Gasteiger partial charge is 0.368 e. The van der Waals surface area contributed by atoms with Gasteiger partial charge in [-0.25, -0.2) is 0 Å². The third-order valence-electron chi connectivity index (χ3n) is 0.129. The van der Waals surface area contributed by atoms with Crippen LogP contribution >= 0.6 is 12.9 Å². The van der Waals surface area contributed by atoms with E-state index in [-0.39, 0.29) is 9.76 Å². The monoisotopic (exact) mass is 94.0 g/mol. The van der Waals surface area contributed by atoms with Crippen molar-refractivity contribution in [2.24, 2.45) is 0 Å². The molecule has 0 N–H and O–H groups in total. The second kappa shape index (κ2) is 3.53. The maximum absolute atomic E-state index is 4.38. The first-order valence-corrected chi connectivity index (χ1v) is 3.54. The van der Waals surface area contributed by atoms with Crippen LogP contribution in [0.1, 0.15) is 0 Å². The summed E-state index contributed by atoms with van der Waals surface area (Å²) in [6.07, 6.45) is 0. The van der Waals surface area contributed by atoms with Crippen molar-refractivity contribution in [3.8, 4) is 0 Å². The van der Waals surface area contributed by atoms with Gasteiger partial charge in [-0.1, -0.05) is 6.55 Å². The Labute approximate surface area is 33.9 Å². The average Bonchev–Trinajstić information content (AvgIpc) is 1.37. The van der Waals surface area contributed by atoms with Crippen molar-refractivity contribution >= 4 is 22.7 Å². The third-order valence-corrected chi connectivity index (χ3v) is 1.16. The zero-order valence-electron chi connectivity index (χ0n) is 2.56. The van der Waals surface area contributed by atoms with E-state index >= 15 is 0 Å². The summed E-state index contributed by atoms with van der Waals surface area (Å²) in [5, 5.41) is 0. The standard InChI is InChI=1S/CH6OSSi/c1-4-2-3/h3H,4H2,1H3. The minimum absolute atomic E-state index is 0.211. The Kier molecular flexibility index (Phi) is 3.99. The number of hydrogen-bond donors (Lipinski definition) is 1. The van der Waals surface area contributed by atoms with Crippen molar-refractivity contribution < 1.29 is 3.87 Å². The quantitative estimate of drug-likeness (QED) is 0.273. The van der Waals surface area contributed by atoms with Gasteiger partial charge in [0.2, 0.25) is 0 Å². The zero-order valence-corrected chi connectivity index (χ0v) is 4.87. The molecule has 0 radical (unpaired) electrons. The van der Waals surface area contributed by atoms with Crippen molar-refractivity contribution in [3.63, 3.8) is 0 Å². The molecule has 0 aliphatic heterocycles. The Balaban J connectivity index is 1.97. The molecule has 0 saturated carbocycles. The first-order valence-electron chi connectivity index (χ1n) is 1.18. The molecule has 0 saturated heterocycles. The van der Waals surface area contributed by atoms with Crippen molar-refractivity contribution in [2.75, 3.05) is 0 Å². The minimum atomic E-state index is -0.211. The second-order valence-electron chi connectivity index (χ2n) is 0.418. The summed E-state index contributed by atoms with van der Waals surface area (Å²) in [5.74, 6) is 0. The van der Waals surface area contributed by atoms with Crippen molar-refractivity contribution in [1.29, 1.82) is 0 Å². The van der Waals surface area contributed by atoms with E-state index < -0.39 is 0 Å². The number of thiol groups is 1. The Bertz CT molecular complexity index is 10.0. The van der Waals surface area contributed by atoms with Crippen LogP contribution in [0.15, 0.2) is 0 Å². The van der Waals surface area contributed by atoms with Gasteiger partial charge in [0.05, 0.1) is 0 Å². The average molecular weight is 94.2 g/mol. The molecule has 3 heteroatoms. The molecular formula is CH6OSSi. The molecule has 0 bridgehead atoms. The Morgan fingerprint density at radius 3 is 2.25 bits per heavy atom. The minimum Gasteiger partial charge on any atom is -0.368 e. The van der Waals surface area contributed by atoms with Gasteiger partial charge in [-0.05, 0) is 12.9 Å². The lowest BCUT2D eigenvalue weighted by Gasteiger charge is -1.73. The molecule has 0 amide bonds. The summed E-state index contributed by atoms with van der Waals surface area (Å²) < 4.78 is 4.38. The van der Waals surface area contributed by atoms with Gasteiger partial charge in [0, 0.05) is 0 Å². The molecule has 0 aromatic rings. The smallest absolute Gasteiger partial charge is 0.177 e. The van der Waals surface area contributed by atoms with E-state index in [4.69, 9.17) is 0 Å². The number of hydrogen-bond acceptors (Lipinski definition) is 2. The van der Waals surface area contributed by atoms with Crippen LogP contribution in [0.4, 0.5) is 0 Å². The molecule has 0 fully saturated rings. The summed E-state index contributed by atoms with van der Waals surface area (Å²) in [5.41, 5.74) is 0. The molecular weight excluding hydrogens is 88.2 g/mol. The molecule has 0 spiro atoms. The molecule has 0 unspecified atom stereocenters. The van der Waals surface area contributed by atoms with Crippen molar-refractivity contribution in [1.82, 2.24) is 0 Å². The van der Waals surface area contributed by atoms with Crippen LogP contribution in [-0.2, 0) is 3.87 Å². The summed E-state index contributed by atoms with van der Waals surface area (Å²) >= 11 is 3.48. The third kappa shape index (κ3) is 2.53. The molecule has 0 heterocycles. The van der Waals surface area contributed by atoms with Crippen LogP contribution in [0.5, 0.6) is 0 Å². The Hall–Kier alpha value is 0.527. The van der Waals surface area contributed by atoms with E-state index in [0.29, 0.717) is 0 Å². The topological polar surface area (TPSA) is 9.23 Å². The SMILES string of the molecule is C[SiH2]OS. The summed E-state index contributed by atoms with van der Waals surface area (Å²) in [7, 11) is -0.211. The molecule has 26 valence electrons. The molecule has 0 aromatic heterocycles. The van der Waals surface area contributed by atoms with Crippen molar-refractivity contribution in [3.05, 3.63) is 0 Å². The lowest BCUT2D eigenvalue weighted by Crippen LogP contribution is -1.72. The summed E-state index contributed by atoms with van der Waals surface area (Å²) in [6, 6.07) is 0. The van der Waals surface area contributed by atoms with E-state index in [1.54, 1.807) is 0 Å². The van der Waals surface area contributed by atoms with Gasteiger partial charge < -0.3 is 3.87 Å². The van der Waals surface area contributed by atoms with Crippen LogP contribution in [0.2, 0.25) is 6.55 Å². The normalized spacial score (nSPS) is 10.5. The first kappa shape index (κ1) is 4.53. The van der Waals surface area contributed by atoms with Gasteiger partial charge in [0.15, 0.2) is 9.76 Å². The van der Waals surface area contributed by atoms with Gasteiger partial charge in [-0.15, -0.1) is 0 Å². The number of rotatable bonds is 1. The van der Waals surface area contributed by atoms with Crippen LogP contribution < -0.4 is 0 Å². The van der Waals surface area contributed by atoms with Gasteiger partial charge in [0.25, 0.3) is 0 Å². The highest BCUT2D eigenvalue weighted by molar-refractivity contribution is 7.75. The predicted molar refractivity (Wildman–Crippen MR) is 24.5 cm³/mol. The fourth-order valence-electron chi connectivity index (χ4n) is 0. The molecule has 0 aliphatic rings. The van der Waals surface area contributed by atoms with Gasteiger partial charge >= 0.3 is 0 Å². The lowest BCUT2D eigenvalue weighted by molar-refractivity contribution is 0.719. The molecule has 0 rings (SSSR count). The fraction of sp³-hybridized carbons (Fsp3) is 1.00. The molecule has 1 nitrogen and oxygen atoms in total. The Morgan fingerprint density at radius 2 is 2.25 bits per heavy atom. The highest BCUT2D eigenvalue weighted by Crippen LogP contribution is 1.66. The van der Waals surface area contributed by atoms with Crippen molar-refractivity contribution in [2.45, 2.75) is 6.55 Å². The predicted octanol–water partition coefficient (Wildman–Crippen LogP) is -0.0203. The molecule has 0 aromatic carbocycles.